The van der Waals surface area contributed by atoms with Crippen LogP contribution in [0.4, 0.5) is 0 Å². The summed E-state index contributed by atoms with van der Waals surface area (Å²) in [6.07, 6.45) is 6.63. The van der Waals surface area contributed by atoms with Crippen LogP contribution in [0.3, 0.4) is 0 Å². The molecule has 0 bridgehead atoms. The summed E-state index contributed by atoms with van der Waals surface area (Å²) in [7, 11) is 0. The number of aromatic amines is 1. The third-order valence-corrected chi connectivity index (χ3v) is 4.59. The molecule has 2 atom stereocenters. The van der Waals surface area contributed by atoms with Crippen LogP contribution in [0.25, 0.3) is 11.3 Å². The molecule has 4 heteroatoms. The molecule has 1 aliphatic rings. The summed E-state index contributed by atoms with van der Waals surface area (Å²) < 4.78 is 0. The Morgan fingerprint density at radius 2 is 2.05 bits per heavy atom. The lowest BCUT2D eigenvalue weighted by molar-refractivity contribution is 0.278. The summed E-state index contributed by atoms with van der Waals surface area (Å²) in [5, 5.41) is 15.1. The molecule has 0 aliphatic heterocycles. The Morgan fingerprint density at radius 1 is 1.19 bits per heavy atom. The van der Waals surface area contributed by atoms with Gasteiger partial charge in [0.1, 0.15) is 11.4 Å². The largest absolute Gasteiger partial charge is 0.308 e. The van der Waals surface area contributed by atoms with Crippen LogP contribution in [0.1, 0.15) is 44.7 Å². The fraction of sp³-hybridized carbons (Fsp3) is 0.529. The van der Waals surface area contributed by atoms with E-state index in [0.29, 0.717) is 6.04 Å². The highest BCUT2D eigenvalue weighted by molar-refractivity contribution is 5.60. The highest BCUT2D eigenvalue weighted by Gasteiger charge is 2.21. The molecule has 2 aromatic rings. The summed E-state index contributed by atoms with van der Waals surface area (Å²) >= 11 is 0. The Morgan fingerprint density at radius 3 is 2.86 bits per heavy atom. The fourth-order valence-electron chi connectivity index (χ4n) is 3.29. The van der Waals surface area contributed by atoms with Gasteiger partial charge >= 0.3 is 0 Å². The van der Waals surface area contributed by atoms with Gasteiger partial charge in [-0.15, -0.1) is 0 Å². The van der Waals surface area contributed by atoms with Crippen LogP contribution in [-0.2, 0) is 6.54 Å². The summed E-state index contributed by atoms with van der Waals surface area (Å²) in [6.45, 7) is 3.10. The van der Waals surface area contributed by atoms with E-state index in [9.17, 15) is 0 Å². The van der Waals surface area contributed by atoms with Crippen LogP contribution in [0.5, 0.6) is 0 Å². The summed E-state index contributed by atoms with van der Waals surface area (Å²) in [6, 6.07) is 10.9. The molecule has 1 aliphatic carbocycles. The molecule has 4 nitrogen and oxygen atoms in total. The molecule has 0 radical (unpaired) electrons. The van der Waals surface area contributed by atoms with Crippen LogP contribution in [0.15, 0.2) is 30.3 Å². The minimum atomic E-state index is 0.629. The number of hydrogen-bond acceptors (Lipinski definition) is 3. The Balaban J connectivity index is 1.63. The fourth-order valence-corrected chi connectivity index (χ4v) is 3.29. The van der Waals surface area contributed by atoms with Crippen molar-refractivity contribution < 1.29 is 0 Å². The van der Waals surface area contributed by atoms with Crippen LogP contribution >= 0.6 is 0 Å². The molecule has 112 valence electrons. The first-order chi connectivity index (χ1) is 10.4. The second kappa shape index (κ2) is 6.85. The van der Waals surface area contributed by atoms with E-state index in [0.717, 1.165) is 29.4 Å². The maximum atomic E-state index is 4.32. The molecule has 0 saturated heterocycles. The normalized spacial score (nSPS) is 22.3. The zero-order chi connectivity index (χ0) is 14.5. The molecule has 0 amide bonds. The van der Waals surface area contributed by atoms with Gasteiger partial charge in [-0.25, -0.2) is 0 Å². The molecule has 1 saturated carbocycles. The van der Waals surface area contributed by atoms with Crippen molar-refractivity contribution in [2.24, 2.45) is 5.92 Å². The number of nitrogens with zero attached hydrogens (tertiary/aromatic N) is 2. The second-order valence-electron chi connectivity index (χ2n) is 6.00. The Kier molecular flexibility index (Phi) is 4.65. The van der Waals surface area contributed by atoms with E-state index in [-0.39, 0.29) is 0 Å². The van der Waals surface area contributed by atoms with Gasteiger partial charge in [0.2, 0.25) is 0 Å². The Hall–Kier alpha value is -1.68. The van der Waals surface area contributed by atoms with Gasteiger partial charge in [-0.05, 0) is 18.8 Å². The van der Waals surface area contributed by atoms with E-state index >= 15 is 0 Å². The van der Waals surface area contributed by atoms with Crippen molar-refractivity contribution >= 4 is 0 Å². The first-order valence-corrected chi connectivity index (χ1v) is 8.05. The Labute approximate surface area is 126 Å². The van der Waals surface area contributed by atoms with Crippen molar-refractivity contribution in [3.05, 3.63) is 36.0 Å². The summed E-state index contributed by atoms with van der Waals surface area (Å²) in [5.41, 5.74) is 3.10. The van der Waals surface area contributed by atoms with E-state index in [1.807, 2.05) is 18.2 Å². The average Bonchev–Trinajstić information content (AvgIpc) is 3.02. The van der Waals surface area contributed by atoms with Crippen molar-refractivity contribution in [2.75, 3.05) is 0 Å². The van der Waals surface area contributed by atoms with Crippen molar-refractivity contribution in [3.63, 3.8) is 0 Å². The first kappa shape index (κ1) is 14.3. The van der Waals surface area contributed by atoms with Gasteiger partial charge in [0.15, 0.2) is 0 Å². The summed E-state index contributed by atoms with van der Waals surface area (Å²) in [4.78, 5) is 0. The maximum absolute atomic E-state index is 4.32. The van der Waals surface area contributed by atoms with E-state index in [1.54, 1.807) is 0 Å². The van der Waals surface area contributed by atoms with Crippen LogP contribution < -0.4 is 5.32 Å². The zero-order valence-electron chi connectivity index (χ0n) is 12.7. The number of benzene rings is 1. The van der Waals surface area contributed by atoms with Gasteiger partial charge in [-0.1, -0.05) is 56.5 Å². The van der Waals surface area contributed by atoms with E-state index < -0.39 is 0 Å². The molecule has 1 aromatic heterocycles. The number of nitrogens with one attached hydrogen (secondary N) is 2. The quantitative estimate of drug-likeness (QED) is 0.883. The van der Waals surface area contributed by atoms with Crippen LogP contribution in [0, 0.1) is 5.92 Å². The van der Waals surface area contributed by atoms with E-state index in [2.05, 4.69) is 39.8 Å². The predicted molar refractivity (Wildman–Crippen MR) is 84.7 cm³/mol. The molecule has 1 fully saturated rings. The molecule has 0 spiro atoms. The van der Waals surface area contributed by atoms with Crippen molar-refractivity contribution in [3.8, 4) is 11.3 Å². The van der Waals surface area contributed by atoms with Gasteiger partial charge < -0.3 is 5.32 Å². The molecular weight excluding hydrogens is 260 g/mol. The zero-order valence-corrected chi connectivity index (χ0v) is 12.7. The minimum absolute atomic E-state index is 0.629. The number of rotatable bonds is 5. The smallest absolute Gasteiger partial charge is 0.117 e. The predicted octanol–water partition coefficient (Wildman–Crippen LogP) is 3.53. The average molecular weight is 284 g/mol. The lowest BCUT2D eigenvalue weighted by Gasteiger charge is -2.29. The molecule has 2 N–H and O–H groups in total. The highest BCUT2D eigenvalue weighted by atomic mass is 15.3. The van der Waals surface area contributed by atoms with Gasteiger partial charge in [-0.3, -0.25) is 0 Å². The molecule has 1 aromatic carbocycles. The van der Waals surface area contributed by atoms with Gasteiger partial charge in [0, 0.05) is 18.2 Å². The Bertz CT molecular complexity index is 549. The maximum Gasteiger partial charge on any atom is 0.117 e. The highest BCUT2D eigenvalue weighted by Crippen LogP contribution is 2.27. The topological polar surface area (TPSA) is 53.6 Å². The SMILES string of the molecule is CCC1CCCC(NCc2n[nH]nc2-c2ccccc2)C1. The van der Waals surface area contributed by atoms with Gasteiger partial charge in [0.25, 0.3) is 0 Å². The third kappa shape index (κ3) is 3.50. The van der Waals surface area contributed by atoms with Crippen molar-refractivity contribution in [1.82, 2.24) is 20.7 Å². The van der Waals surface area contributed by atoms with E-state index in [4.69, 9.17) is 0 Å². The molecule has 2 unspecified atom stereocenters. The van der Waals surface area contributed by atoms with Crippen molar-refractivity contribution in [2.45, 2.75) is 51.6 Å². The van der Waals surface area contributed by atoms with E-state index in [1.165, 1.54) is 32.1 Å². The number of H-pyrrole nitrogens is 1. The summed E-state index contributed by atoms with van der Waals surface area (Å²) in [5.74, 6) is 0.891. The van der Waals surface area contributed by atoms with Crippen LogP contribution in [-0.4, -0.2) is 21.5 Å². The molecule has 3 rings (SSSR count). The van der Waals surface area contributed by atoms with Crippen molar-refractivity contribution in [1.29, 1.82) is 0 Å². The van der Waals surface area contributed by atoms with Crippen LogP contribution in [0.2, 0.25) is 0 Å². The molecule has 1 heterocycles. The number of aromatic nitrogens is 3. The van der Waals surface area contributed by atoms with Gasteiger partial charge in [-0.2, -0.15) is 15.4 Å². The lowest BCUT2D eigenvalue weighted by atomic mass is 9.84. The monoisotopic (exact) mass is 284 g/mol. The molecule has 21 heavy (non-hydrogen) atoms. The minimum Gasteiger partial charge on any atom is -0.308 e. The number of hydrogen-bond donors (Lipinski definition) is 2. The van der Waals surface area contributed by atoms with Gasteiger partial charge in [0.05, 0.1) is 0 Å². The molecular formula is C17H24N4. The lowest BCUT2D eigenvalue weighted by Crippen LogP contribution is -2.33. The third-order valence-electron chi connectivity index (χ3n) is 4.59. The second-order valence-corrected chi connectivity index (χ2v) is 6.00. The standard InChI is InChI=1S/C17H24N4/c1-2-13-7-6-10-15(11-13)18-12-16-17(20-21-19-16)14-8-4-3-5-9-14/h3-5,8-9,13,15,18H,2,6-7,10-12H2,1H3,(H,19,20,21). The first-order valence-electron chi connectivity index (χ1n) is 8.05.